The Labute approximate surface area is 106 Å². The summed E-state index contributed by atoms with van der Waals surface area (Å²) < 4.78 is 1.10. The smallest absolute Gasteiger partial charge is 0.116 e. The molecule has 2 aromatic carbocycles. The van der Waals surface area contributed by atoms with Gasteiger partial charge in [-0.25, -0.2) is 0 Å². The van der Waals surface area contributed by atoms with Crippen molar-refractivity contribution in [1.29, 1.82) is 0 Å². The zero-order chi connectivity index (χ0) is 11.4. The van der Waals surface area contributed by atoms with Gasteiger partial charge in [-0.1, -0.05) is 30.3 Å². The molecule has 0 atom stereocenters. The van der Waals surface area contributed by atoms with E-state index in [4.69, 9.17) is 0 Å². The molecule has 2 aromatic heterocycles. The third-order valence-corrected chi connectivity index (χ3v) is 3.90. The Bertz CT molecular complexity index is 854. The number of hydrogen-bond donors (Lipinski definition) is 2. The van der Waals surface area contributed by atoms with Gasteiger partial charge < -0.3 is 9.97 Å². The van der Waals surface area contributed by atoms with Gasteiger partial charge in [0.25, 0.3) is 0 Å². The topological polar surface area (TPSA) is 31.6 Å². The first-order valence-corrected chi connectivity index (χ1v) is 6.30. The molecule has 4 aromatic rings. The number of halogens is 1. The Morgan fingerprint density at radius 1 is 0.824 bits per heavy atom. The van der Waals surface area contributed by atoms with E-state index in [0.717, 1.165) is 15.6 Å². The van der Waals surface area contributed by atoms with E-state index >= 15 is 0 Å². The van der Waals surface area contributed by atoms with Gasteiger partial charge in [0.15, 0.2) is 0 Å². The average Bonchev–Trinajstić information content (AvgIpc) is 2.85. The van der Waals surface area contributed by atoms with Crippen molar-refractivity contribution < 1.29 is 0 Å². The summed E-state index contributed by atoms with van der Waals surface area (Å²) in [5, 5.41) is 3.80. The first-order chi connectivity index (χ1) is 8.34. The standard InChI is InChI=1S/C14H9BrN2/c15-10-6-3-5-9-12-8-4-1-2-7-11(8)16-14(12)17-13(9)10/h1-7,16-17H. The predicted octanol–water partition coefficient (Wildman–Crippen LogP) is 4.56. The van der Waals surface area contributed by atoms with Crippen molar-refractivity contribution in [2.45, 2.75) is 0 Å². The van der Waals surface area contributed by atoms with Gasteiger partial charge in [0.05, 0.1) is 5.52 Å². The van der Waals surface area contributed by atoms with Crippen molar-refractivity contribution in [3.8, 4) is 0 Å². The molecule has 0 aliphatic heterocycles. The molecule has 3 heteroatoms. The molecule has 4 rings (SSSR count). The van der Waals surface area contributed by atoms with Crippen LogP contribution in [-0.4, -0.2) is 9.97 Å². The maximum absolute atomic E-state index is 3.58. The van der Waals surface area contributed by atoms with E-state index < -0.39 is 0 Å². The molecule has 0 unspecified atom stereocenters. The van der Waals surface area contributed by atoms with Gasteiger partial charge >= 0.3 is 0 Å². The Morgan fingerprint density at radius 2 is 1.65 bits per heavy atom. The fraction of sp³-hybridized carbons (Fsp3) is 0. The van der Waals surface area contributed by atoms with Crippen molar-refractivity contribution in [1.82, 2.24) is 9.97 Å². The van der Waals surface area contributed by atoms with Gasteiger partial charge in [0.1, 0.15) is 5.65 Å². The summed E-state index contributed by atoms with van der Waals surface area (Å²) in [6.07, 6.45) is 0. The largest absolute Gasteiger partial charge is 0.341 e. The fourth-order valence-electron chi connectivity index (χ4n) is 2.50. The molecule has 0 fully saturated rings. The number of aromatic amines is 2. The van der Waals surface area contributed by atoms with E-state index in [-0.39, 0.29) is 0 Å². The number of hydrogen-bond acceptors (Lipinski definition) is 0. The average molecular weight is 285 g/mol. The third kappa shape index (κ3) is 1.15. The molecule has 0 bridgehead atoms. The van der Waals surface area contributed by atoms with Crippen molar-refractivity contribution in [2.75, 3.05) is 0 Å². The normalized spacial score (nSPS) is 11.8. The molecule has 2 nitrogen and oxygen atoms in total. The number of para-hydroxylation sites is 2. The Hall–Kier alpha value is -1.74. The van der Waals surface area contributed by atoms with Gasteiger partial charge in [0, 0.05) is 26.1 Å². The zero-order valence-electron chi connectivity index (χ0n) is 8.92. The number of nitrogens with one attached hydrogen (secondary N) is 2. The first kappa shape index (κ1) is 9.31. The second-order valence-electron chi connectivity index (χ2n) is 4.21. The van der Waals surface area contributed by atoms with Crippen molar-refractivity contribution in [3.05, 3.63) is 46.9 Å². The molecule has 0 radical (unpaired) electrons. The molecule has 82 valence electrons. The van der Waals surface area contributed by atoms with Gasteiger partial charge in [-0.15, -0.1) is 0 Å². The molecule has 17 heavy (non-hydrogen) atoms. The van der Waals surface area contributed by atoms with Crippen LogP contribution < -0.4 is 0 Å². The van der Waals surface area contributed by atoms with E-state index in [1.807, 2.05) is 0 Å². The molecule has 0 saturated heterocycles. The lowest BCUT2D eigenvalue weighted by atomic mass is 10.1. The van der Waals surface area contributed by atoms with Gasteiger partial charge in [-0.05, 0) is 28.1 Å². The molecule has 2 heterocycles. The van der Waals surface area contributed by atoms with Crippen LogP contribution in [0.25, 0.3) is 32.8 Å². The number of fused-ring (bicyclic) bond motifs is 5. The summed E-state index contributed by atoms with van der Waals surface area (Å²) in [6, 6.07) is 14.7. The van der Waals surface area contributed by atoms with E-state index in [0.29, 0.717) is 0 Å². The van der Waals surface area contributed by atoms with E-state index in [2.05, 4.69) is 68.4 Å². The maximum Gasteiger partial charge on any atom is 0.116 e. The van der Waals surface area contributed by atoms with Gasteiger partial charge in [-0.2, -0.15) is 0 Å². The molecule has 0 aliphatic rings. The van der Waals surface area contributed by atoms with Crippen LogP contribution in [0.15, 0.2) is 46.9 Å². The minimum atomic E-state index is 1.09. The first-order valence-electron chi connectivity index (χ1n) is 5.51. The highest BCUT2D eigenvalue weighted by Gasteiger charge is 2.11. The monoisotopic (exact) mass is 284 g/mol. The van der Waals surface area contributed by atoms with Gasteiger partial charge in [-0.3, -0.25) is 0 Å². The van der Waals surface area contributed by atoms with E-state index in [1.165, 1.54) is 21.7 Å². The molecule has 0 spiro atoms. The van der Waals surface area contributed by atoms with Crippen LogP contribution in [0.5, 0.6) is 0 Å². The maximum atomic E-state index is 3.58. The lowest BCUT2D eigenvalue weighted by Gasteiger charge is -1.94. The quantitative estimate of drug-likeness (QED) is 0.474. The van der Waals surface area contributed by atoms with E-state index in [9.17, 15) is 0 Å². The van der Waals surface area contributed by atoms with Crippen LogP contribution in [0.3, 0.4) is 0 Å². The Kier molecular flexibility index (Phi) is 1.72. The Morgan fingerprint density at radius 3 is 2.59 bits per heavy atom. The lowest BCUT2D eigenvalue weighted by Crippen LogP contribution is -1.72. The Balaban J connectivity index is 2.36. The highest BCUT2D eigenvalue weighted by atomic mass is 79.9. The van der Waals surface area contributed by atoms with Crippen molar-refractivity contribution >= 4 is 48.8 Å². The van der Waals surface area contributed by atoms with Crippen LogP contribution in [0, 0.1) is 0 Å². The zero-order valence-corrected chi connectivity index (χ0v) is 10.5. The minimum absolute atomic E-state index is 1.09. The summed E-state index contributed by atoms with van der Waals surface area (Å²) >= 11 is 3.58. The summed E-state index contributed by atoms with van der Waals surface area (Å²) in [4.78, 5) is 6.85. The molecular weight excluding hydrogens is 276 g/mol. The summed E-state index contributed by atoms with van der Waals surface area (Å²) in [5.41, 5.74) is 3.42. The van der Waals surface area contributed by atoms with Crippen LogP contribution in [0.1, 0.15) is 0 Å². The second-order valence-corrected chi connectivity index (χ2v) is 5.06. The van der Waals surface area contributed by atoms with Crippen LogP contribution >= 0.6 is 15.9 Å². The van der Waals surface area contributed by atoms with Crippen LogP contribution in [0.2, 0.25) is 0 Å². The van der Waals surface area contributed by atoms with Crippen LogP contribution in [-0.2, 0) is 0 Å². The van der Waals surface area contributed by atoms with Crippen molar-refractivity contribution in [3.63, 3.8) is 0 Å². The molecular formula is C14H9BrN2. The van der Waals surface area contributed by atoms with Crippen LogP contribution in [0.4, 0.5) is 0 Å². The summed E-state index contributed by atoms with van der Waals surface area (Å²) in [5.74, 6) is 0. The highest BCUT2D eigenvalue weighted by Crippen LogP contribution is 2.34. The number of rotatable bonds is 0. The van der Waals surface area contributed by atoms with Crippen molar-refractivity contribution in [2.24, 2.45) is 0 Å². The van der Waals surface area contributed by atoms with E-state index in [1.54, 1.807) is 0 Å². The SMILES string of the molecule is Brc1cccc2c1[nH]c1[nH]c3ccccc3c12. The molecule has 0 amide bonds. The minimum Gasteiger partial charge on any atom is -0.341 e. The predicted molar refractivity (Wildman–Crippen MR) is 75.4 cm³/mol. The highest BCUT2D eigenvalue weighted by molar-refractivity contribution is 9.10. The molecule has 0 aliphatic carbocycles. The fourth-order valence-corrected chi connectivity index (χ4v) is 2.97. The second kappa shape index (κ2) is 3.14. The number of H-pyrrole nitrogens is 2. The summed E-state index contributed by atoms with van der Waals surface area (Å²) in [7, 11) is 0. The number of aromatic nitrogens is 2. The summed E-state index contributed by atoms with van der Waals surface area (Å²) in [6.45, 7) is 0. The van der Waals surface area contributed by atoms with Gasteiger partial charge in [0.2, 0.25) is 0 Å². The molecule has 0 saturated carbocycles. The third-order valence-electron chi connectivity index (χ3n) is 3.24. The molecule has 2 N–H and O–H groups in total. The lowest BCUT2D eigenvalue weighted by molar-refractivity contribution is 1.42. The number of benzene rings is 2.